The highest BCUT2D eigenvalue weighted by Crippen LogP contribution is 2.19. The fraction of sp³-hybridized carbons (Fsp3) is 0.250. The van der Waals surface area contributed by atoms with E-state index in [1.165, 1.54) is 19.2 Å². The lowest BCUT2D eigenvalue weighted by Crippen LogP contribution is -2.25. The van der Waals surface area contributed by atoms with E-state index in [1.807, 2.05) is 4.89 Å². The van der Waals surface area contributed by atoms with Gasteiger partial charge in [0, 0.05) is 7.11 Å². The summed E-state index contributed by atoms with van der Waals surface area (Å²) in [4.78, 5) is 6.38. The van der Waals surface area contributed by atoms with Crippen molar-refractivity contribution in [2.45, 2.75) is 4.90 Å². The zero-order valence-corrected chi connectivity index (χ0v) is 9.51. The number of hydrogen-bond donors (Lipinski definition) is 1. The van der Waals surface area contributed by atoms with E-state index in [-0.39, 0.29) is 16.7 Å². The van der Waals surface area contributed by atoms with E-state index in [4.69, 9.17) is 11.6 Å². The number of nitrogens with one attached hydrogen (secondary N) is 1. The van der Waals surface area contributed by atoms with Gasteiger partial charge in [-0.25, -0.2) is 8.42 Å². The molecule has 84 valence electrons. The van der Waals surface area contributed by atoms with Crippen molar-refractivity contribution >= 4 is 21.6 Å². The zero-order valence-electron chi connectivity index (χ0n) is 7.94. The Balaban J connectivity index is 2.83. The molecule has 0 saturated heterocycles. The first-order chi connectivity index (χ1) is 7.08. The minimum absolute atomic E-state index is 0.0391. The molecule has 1 N–H and O–H groups in total. The largest absolute Gasteiger partial charge is 0.357 e. The normalized spacial score (nSPS) is 11.6. The minimum atomic E-state index is -3.75. The molecule has 7 heteroatoms. The molecule has 0 bridgehead atoms. The van der Waals surface area contributed by atoms with Gasteiger partial charge in [0.25, 0.3) is 10.0 Å². The van der Waals surface area contributed by atoms with Crippen LogP contribution in [0.4, 0.5) is 0 Å². The molecule has 0 heterocycles. The molecule has 0 radical (unpaired) electrons. The topological polar surface area (TPSA) is 64.6 Å². The van der Waals surface area contributed by atoms with Gasteiger partial charge in [0.2, 0.25) is 0 Å². The molecule has 0 aliphatic carbocycles. The summed E-state index contributed by atoms with van der Waals surface area (Å²) >= 11 is 5.72. The predicted octanol–water partition coefficient (Wildman–Crippen LogP) is 1.15. The predicted molar refractivity (Wildman–Crippen MR) is 54.7 cm³/mol. The van der Waals surface area contributed by atoms with Gasteiger partial charge >= 0.3 is 0 Å². The Morgan fingerprint density at radius 3 is 2.67 bits per heavy atom. The van der Waals surface area contributed by atoms with Crippen LogP contribution < -0.4 is 4.89 Å². The van der Waals surface area contributed by atoms with E-state index < -0.39 is 10.0 Å². The monoisotopic (exact) mass is 251 g/mol. The van der Waals surface area contributed by atoms with Crippen LogP contribution in [0.3, 0.4) is 0 Å². The first kappa shape index (κ1) is 12.4. The molecule has 1 aromatic carbocycles. The molecule has 1 rings (SSSR count). The molecule has 0 unspecified atom stereocenters. The summed E-state index contributed by atoms with van der Waals surface area (Å²) in [5.41, 5.74) is 0. The summed E-state index contributed by atoms with van der Waals surface area (Å²) in [6.45, 7) is -0.177. The Kier molecular flexibility index (Phi) is 4.49. The molecule has 0 spiro atoms. The Morgan fingerprint density at radius 2 is 2.07 bits per heavy atom. The smallest absolute Gasteiger partial charge is 0.264 e. The SMILES string of the molecule is COCONS(=O)(=O)c1ccccc1Cl. The summed E-state index contributed by atoms with van der Waals surface area (Å²) in [6.07, 6.45) is 0. The van der Waals surface area contributed by atoms with Gasteiger partial charge in [-0.1, -0.05) is 28.6 Å². The van der Waals surface area contributed by atoms with Crippen LogP contribution in [0.2, 0.25) is 5.02 Å². The third-order valence-corrected chi connectivity index (χ3v) is 3.19. The third kappa shape index (κ3) is 3.44. The van der Waals surface area contributed by atoms with E-state index in [0.717, 1.165) is 0 Å². The lowest BCUT2D eigenvalue weighted by atomic mass is 10.4. The van der Waals surface area contributed by atoms with Crippen LogP contribution in [0, 0.1) is 0 Å². The van der Waals surface area contributed by atoms with Crippen LogP contribution in [-0.4, -0.2) is 22.3 Å². The summed E-state index contributed by atoms with van der Waals surface area (Å²) < 4.78 is 27.6. The molecule has 1 aromatic rings. The van der Waals surface area contributed by atoms with Crippen molar-refractivity contribution in [2.75, 3.05) is 13.9 Å². The quantitative estimate of drug-likeness (QED) is 0.484. The van der Waals surface area contributed by atoms with Gasteiger partial charge in [-0.2, -0.15) is 0 Å². The average molecular weight is 252 g/mol. The summed E-state index contributed by atoms with van der Waals surface area (Å²) in [5.74, 6) is 0. The lowest BCUT2D eigenvalue weighted by molar-refractivity contribution is -0.0540. The molecule has 0 atom stereocenters. The van der Waals surface area contributed by atoms with Crippen molar-refractivity contribution in [3.63, 3.8) is 0 Å². The van der Waals surface area contributed by atoms with Gasteiger partial charge in [-0.05, 0) is 12.1 Å². The maximum Gasteiger partial charge on any atom is 0.264 e. The number of ether oxygens (including phenoxy) is 1. The number of rotatable bonds is 5. The van der Waals surface area contributed by atoms with Gasteiger partial charge in [0.05, 0.1) is 5.02 Å². The molecule has 0 fully saturated rings. The van der Waals surface area contributed by atoms with E-state index in [2.05, 4.69) is 9.57 Å². The standard InChI is InChI=1S/C8H10ClNO4S/c1-13-6-14-10-15(11,12)8-5-3-2-4-7(8)9/h2-5,10H,6H2,1H3. The fourth-order valence-electron chi connectivity index (χ4n) is 0.868. The zero-order chi connectivity index (χ0) is 11.3. The lowest BCUT2D eigenvalue weighted by Gasteiger charge is -2.07. The van der Waals surface area contributed by atoms with E-state index in [1.54, 1.807) is 12.1 Å². The van der Waals surface area contributed by atoms with Crippen molar-refractivity contribution < 1.29 is 18.0 Å². The van der Waals surface area contributed by atoms with Gasteiger partial charge in [0.1, 0.15) is 4.90 Å². The maximum absolute atomic E-state index is 11.6. The van der Waals surface area contributed by atoms with Crippen molar-refractivity contribution in [1.82, 2.24) is 4.89 Å². The second-order valence-corrected chi connectivity index (χ2v) is 4.59. The molecule has 0 aromatic heterocycles. The third-order valence-electron chi connectivity index (χ3n) is 1.47. The number of halogens is 1. The number of hydrogen-bond acceptors (Lipinski definition) is 4. The van der Waals surface area contributed by atoms with Gasteiger partial charge in [-0.3, -0.25) is 4.84 Å². The molecule has 5 nitrogen and oxygen atoms in total. The summed E-state index contributed by atoms with van der Waals surface area (Å²) in [6, 6.07) is 6.06. The Hall–Kier alpha value is -0.660. The molecule has 15 heavy (non-hydrogen) atoms. The highest BCUT2D eigenvalue weighted by molar-refractivity contribution is 7.89. The van der Waals surface area contributed by atoms with Gasteiger partial charge in [-0.15, -0.1) is 0 Å². The highest BCUT2D eigenvalue weighted by atomic mass is 35.5. The second kappa shape index (κ2) is 5.43. The molecule has 0 amide bonds. The van der Waals surface area contributed by atoms with Crippen LogP contribution in [0.25, 0.3) is 0 Å². The maximum atomic E-state index is 11.6. The number of methoxy groups -OCH3 is 1. The van der Waals surface area contributed by atoms with Crippen LogP contribution in [0.5, 0.6) is 0 Å². The molecule has 0 saturated carbocycles. The summed E-state index contributed by atoms with van der Waals surface area (Å²) in [5, 5.41) is 0.131. The van der Waals surface area contributed by atoms with Crippen molar-refractivity contribution in [2.24, 2.45) is 0 Å². The molecular formula is C8H10ClNO4S. The highest BCUT2D eigenvalue weighted by Gasteiger charge is 2.16. The van der Waals surface area contributed by atoms with Crippen LogP contribution in [-0.2, 0) is 19.6 Å². The van der Waals surface area contributed by atoms with E-state index in [9.17, 15) is 8.42 Å². The van der Waals surface area contributed by atoms with E-state index in [0.29, 0.717) is 0 Å². The Bertz CT molecular complexity index is 420. The minimum Gasteiger partial charge on any atom is -0.357 e. The van der Waals surface area contributed by atoms with Crippen LogP contribution in [0.15, 0.2) is 29.2 Å². The second-order valence-electron chi connectivity index (χ2n) is 2.57. The molecule has 0 aliphatic heterocycles. The van der Waals surface area contributed by atoms with Crippen molar-refractivity contribution in [1.29, 1.82) is 0 Å². The van der Waals surface area contributed by atoms with Crippen LogP contribution in [0.1, 0.15) is 0 Å². The van der Waals surface area contributed by atoms with Gasteiger partial charge in [0.15, 0.2) is 6.79 Å². The van der Waals surface area contributed by atoms with E-state index >= 15 is 0 Å². The molecular weight excluding hydrogens is 242 g/mol. The number of sulfonamides is 1. The van der Waals surface area contributed by atoms with Crippen molar-refractivity contribution in [3.8, 4) is 0 Å². The fourth-order valence-corrected chi connectivity index (χ4v) is 2.18. The average Bonchev–Trinajstić information content (AvgIpc) is 2.18. The summed E-state index contributed by atoms with van der Waals surface area (Å²) in [7, 11) is -2.37. The number of benzene rings is 1. The first-order valence-electron chi connectivity index (χ1n) is 3.95. The first-order valence-corrected chi connectivity index (χ1v) is 5.81. The van der Waals surface area contributed by atoms with Crippen LogP contribution >= 0.6 is 11.6 Å². The molecule has 0 aliphatic rings. The van der Waals surface area contributed by atoms with Crippen molar-refractivity contribution in [3.05, 3.63) is 29.3 Å². The van der Waals surface area contributed by atoms with Gasteiger partial charge < -0.3 is 4.74 Å². The Morgan fingerprint density at radius 1 is 1.40 bits per heavy atom. The Labute approximate surface area is 93.0 Å².